The van der Waals surface area contributed by atoms with Crippen LogP contribution < -0.4 is 5.32 Å². The van der Waals surface area contributed by atoms with Crippen LogP contribution in [0.15, 0.2) is 52.3 Å². The van der Waals surface area contributed by atoms with Crippen LogP contribution in [-0.4, -0.2) is 30.1 Å². The summed E-state index contributed by atoms with van der Waals surface area (Å²) in [6.45, 7) is 1.08. The Bertz CT molecular complexity index is 807. The van der Waals surface area contributed by atoms with Gasteiger partial charge in [-0.3, -0.25) is 14.9 Å². The molecule has 2 aromatic rings. The van der Waals surface area contributed by atoms with Crippen molar-refractivity contribution in [2.75, 3.05) is 13.2 Å². The summed E-state index contributed by atoms with van der Waals surface area (Å²) in [5.41, 5.74) is 0.0576. The summed E-state index contributed by atoms with van der Waals surface area (Å²) in [5, 5.41) is 14.1. The summed E-state index contributed by atoms with van der Waals surface area (Å²) >= 11 is 1.15. The third kappa shape index (κ3) is 4.59. The van der Waals surface area contributed by atoms with Crippen molar-refractivity contribution < 1.29 is 18.8 Å². The number of halogens is 1. The van der Waals surface area contributed by atoms with Crippen LogP contribution in [0.25, 0.3) is 0 Å². The van der Waals surface area contributed by atoms with Crippen molar-refractivity contribution in [3.05, 3.63) is 64.0 Å². The first-order valence-electron chi connectivity index (χ1n) is 8.14. The fraction of sp³-hybridized carbons (Fsp3) is 0.278. The molecule has 0 bridgehead atoms. The molecule has 1 heterocycles. The first kappa shape index (κ1) is 18.3. The van der Waals surface area contributed by atoms with Crippen LogP contribution in [0.2, 0.25) is 0 Å². The molecule has 0 radical (unpaired) electrons. The molecule has 1 N–H and O–H groups in total. The van der Waals surface area contributed by atoms with Gasteiger partial charge >= 0.3 is 0 Å². The third-order valence-corrected chi connectivity index (χ3v) is 5.05. The first-order chi connectivity index (χ1) is 12.5. The Labute approximate surface area is 153 Å². The van der Waals surface area contributed by atoms with E-state index >= 15 is 0 Å². The number of amides is 1. The van der Waals surface area contributed by atoms with Gasteiger partial charge in [0.1, 0.15) is 5.82 Å². The normalized spacial score (nSPS) is 16.4. The van der Waals surface area contributed by atoms with Crippen molar-refractivity contribution in [3.63, 3.8) is 0 Å². The fourth-order valence-corrected chi connectivity index (χ4v) is 3.53. The number of carbonyl (C=O) groups excluding carboxylic acids is 1. The minimum absolute atomic E-state index is 0.00207. The molecule has 26 heavy (non-hydrogen) atoms. The largest absolute Gasteiger partial charge is 0.376 e. The molecule has 1 unspecified atom stereocenters. The Balaban J connectivity index is 1.74. The average molecular weight is 376 g/mol. The van der Waals surface area contributed by atoms with E-state index in [2.05, 4.69) is 5.32 Å². The smallest absolute Gasteiger partial charge is 0.284 e. The molecule has 0 aromatic heterocycles. The van der Waals surface area contributed by atoms with E-state index in [1.54, 1.807) is 18.2 Å². The maximum Gasteiger partial charge on any atom is 0.284 e. The summed E-state index contributed by atoms with van der Waals surface area (Å²) < 4.78 is 18.4. The lowest BCUT2D eigenvalue weighted by Gasteiger charge is -2.11. The van der Waals surface area contributed by atoms with E-state index in [1.165, 1.54) is 24.3 Å². The zero-order chi connectivity index (χ0) is 18.5. The minimum Gasteiger partial charge on any atom is -0.376 e. The summed E-state index contributed by atoms with van der Waals surface area (Å²) in [6, 6.07) is 10.0. The minimum atomic E-state index is -0.525. The summed E-state index contributed by atoms with van der Waals surface area (Å²) in [5.74, 6) is -0.746. The second-order valence-electron chi connectivity index (χ2n) is 5.84. The standard InChI is InChI=1S/C18H17FN2O4S/c19-13-4-6-15(7-5-13)26-17-8-3-12(10-16(17)21(23)24)18(22)20-11-14-2-1-9-25-14/h3-8,10,14H,1-2,9,11H2,(H,20,22). The summed E-state index contributed by atoms with van der Waals surface area (Å²) in [6.07, 6.45) is 1.87. The molecular weight excluding hydrogens is 359 g/mol. The number of nitro benzene ring substituents is 1. The fourth-order valence-electron chi connectivity index (χ4n) is 2.63. The van der Waals surface area contributed by atoms with Gasteiger partial charge in [-0.15, -0.1) is 0 Å². The number of ether oxygens (including phenoxy) is 1. The maximum absolute atomic E-state index is 13.0. The molecule has 2 aromatic carbocycles. The SMILES string of the molecule is O=C(NCC1CCCO1)c1ccc(Sc2ccc(F)cc2)c([N+](=O)[O-])c1. The van der Waals surface area contributed by atoms with Crippen LogP contribution in [0.3, 0.4) is 0 Å². The lowest BCUT2D eigenvalue weighted by Crippen LogP contribution is -2.31. The molecule has 1 atom stereocenters. The van der Waals surface area contributed by atoms with Crippen LogP contribution in [0.4, 0.5) is 10.1 Å². The maximum atomic E-state index is 13.0. The van der Waals surface area contributed by atoms with Gasteiger partial charge in [0.15, 0.2) is 0 Å². The van der Waals surface area contributed by atoms with E-state index in [0.29, 0.717) is 22.9 Å². The Morgan fingerprint density at radius 3 is 2.73 bits per heavy atom. The highest BCUT2D eigenvalue weighted by atomic mass is 32.2. The van der Waals surface area contributed by atoms with Gasteiger partial charge in [-0.1, -0.05) is 11.8 Å². The predicted molar refractivity (Wildman–Crippen MR) is 94.9 cm³/mol. The van der Waals surface area contributed by atoms with E-state index in [4.69, 9.17) is 4.74 Å². The van der Waals surface area contributed by atoms with Crippen LogP contribution in [0.1, 0.15) is 23.2 Å². The molecule has 0 aliphatic carbocycles. The molecule has 1 amide bonds. The van der Waals surface area contributed by atoms with Gasteiger partial charge in [0.25, 0.3) is 11.6 Å². The van der Waals surface area contributed by atoms with Crippen molar-refractivity contribution in [3.8, 4) is 0 Å². The van der Waals surface area contributed by atoms with E-state index < -0.39 is 4.92 Å². The highest BCUT2D eigenvalue weighted by Gasteiger charge is 2.20. The zero-order valence-electron chi connectivity index (χ0n) is 13.8. The molecular formula is C18H17FN2O4S. The number of carbonyl (C=O) groups is 1. The van der Waals surface area contributed by atoms with Gasteiger partial charge in [-0.25, -0.2) is 4.39 Å². The van der Waals surface area contributed by atoms with Crippen molar-refractivity contribution in [1.29, 1.82) is 0 Å². The highest BCUT2D eigenvalue weighted by molar-refractivity contribution is 7.99. The number of nitro groups is 1. The molecule has 0 saturated carbocycles. The Hall–Kier alpha value is -2.45. The topological polar surface area (TPSA) is 81.5 Å². The molecule has 1 saturated heterocycles. The zero-order valence-corrected chi connectivity index (χ0v) is 14.6. The van der Waals surface area contributed by atoms with Gasteiger partial charge in [-0.2, -0.15) is 0 Å². The van der Waals surface area contributed by atoms with Crippen LogP contribution >= 0.6 is 11.8 Å². The summed E-state index contributed by atoms with van der Waals surface area (Å²) in [4.78, 5) is 24.2. The van der Waals surface area contributed by atoms with Crippen LogP contribution in [0.5, 0.6) is 0 Å². The van der Waals surface area contributed by atoms with Crippen molar-refractivity contribution >= 4 is 23.4 Å². The molecule has 8 heteroatoms. The number of hydrogen-bond acceptors (Lipinski definition) is 5. The number of nitrogens with one attached hydrogen (secondary N) is 1. The lowest BCUT2D eigenvalue weighted by molar-refractivity contribution is -0.387. The van der Waals surface area contributed by atoms with Crippen molar-refractivity contribution in [2.45, 2.75) is 28.7 Å². The number of benzene rings is 2. The van der Waals surface area contributed by atoms with Gasteiger partial charge in [0.05, 0.1) is 15.9 Å². The van der Waals surface area contributed by atoms with E-state index in [0.717, 1.165) is 24.6 Å². The molecule has 3 rings (SSSR count). The molecule has 0 spiro atoms. The monoisotopic (exact) mass is 376 g/mol. The molecule has 136 valence electrons. The number of nitrogens with zero attached hydrogens (tertiary/aromatic N) is 1. The van der Waals surface area contributed by atoms with Gasteiger partial charge in [-0.05, 0) is 49.2 Å². The first-order valence-corrected chi connectivity index (χ1v) is 8.96. The van der Waals surface area contributed by atoms with Crippen LogP contribution in [-0.2, 0) is 4.74 Å². The lowest BCUT2D eigenvalue weighted by atomic mass is 10.2. The van der Waals surface area contributed by atoms with Gasteiger partial charge in [0, 0.05) is 29.7 Å². The second kappa shape index (κ2) is 8.29. The van der Waals surface area contributed by atoms with E-state index in [9.17, 15) is 19.3 Å². The van der Waals surface area contributed by atoms with Crippen molar-refractivity contribution in [2.24, 2.45) is 0 Å². The highest BCUT2D eigenvalue weighted by Crippen LogP contribution is 2.35. The Morgan fingerprint density at radius 1 is 1.31 bits per heavy atom. The molecule has 1 fully saturated rings. The van der Waals surface area contributed by atoms with Crippen LogP contribution in [0, 0.1) is 15.9 Å². The number of hydrogen-bond donors (Lipinski definition) is 1. The number of rotatable bonds is 6. The van der Waals surface area contributed by atoms with Crippen molar-refractivity contribution in [1.82, 2.24) is 5.32 Å². The van der Waals surface area contributed by atoms with E-state index in [-0.39, 0.29) is 29.1 Å². The van der Waals surface area contributed by atoms with Gasteiger partial charge in [0.2, 0.25) is 0 Å². The quantitative estimate of drug-likeness (QED) is 0.613. The van der Waals surface area contributed by atoms with E-state index in [1.807, 2.05) is 0 Å². The molecule has 1 aliphatic heterocycles. The average Bonchev–Trinajstić information content (AvgIpc) is 3.15. The Morgan fingerprint density at radius 2 is 2.08 bits per heavy atom. The predicted octanol–water partition coefficient (Wildman–Crippen LogP) is 3.79. The van der Waals surface area contributed by atoms with Gasteiger partial charge < -0.3 is 10.1 Å². The summed E-state index contributed by atoms with van der Waals surface area (Å²) in [7, 11) is 0. The Kier molecular flexibility index (Phi) is 5.85. The molecule has 6 nitrogen and oxygen atoms in total. The second-order valence-corrected chi connectivity index (χ2v) is 6.96. The third-order valence-electron chi connectivity index (χ3n) is 3.97. The molecule has 1 aliphatic rings.